The maximum Gasteiger partial charge on any atom is 0.282 e. The van der Waals surface area contributed by atoms with E-state index >= 15 is 0 Å². The fourth-order valence-corrected chi connectivity index (χ4v) is 3.59. The van der Waals surface area contributed by atoms with Crippen molar-refractivity contribution in [1.82, 2.24) is 4.98 Å². The lowest BCUT2D eigenvalue weighted by Gasteiger charge is -2.32. The molecule has 1 aromatic heterocycles. The number of nitrogens with two attached hydrogens (primary N) is 1. The second-order valence-corrected chi connectivity index (χ2v) is 6.27. The van der Waals surface area contributed by atoms with Crippen LogP contribution in [0.2, 0.25) is 0 Å². The lowest BCUT2D eigenvalue weighted by Crippen LogP contribution is -2.35. The highest BCUT2D eigenvalue weighted by Gasteiger charge is 2.40. The Morgan fingerprint density at radius 2 is 2.14 bits per heavy atom. The van der Waals surface area contributed by atoms with Crippen LogP contribution in [0.25, 0.3) is 11.1 Å². The number of nitrogens with zero attached hydrogens (tertiary/aromatic N) is 2. The van der Waals surface area contributed by atoms with Crippen molar-refractivity contribution in [2.75, 3.05) is 6.61 Å². The van der Waals surface area contributed by atoms with Crippen LogP contribution in [0.4, 0.5) is 0 Å². The third kappa shape index (κ3) is 2.06. The molecule has 1 spiro atoms. The second-order valence-electron chi connectivity index (χ2n) is 6.27. The standard InChI is InChI=1S/C18H19N3O/c1-12-6-8-20-10-16(12)14-4-2-3-13-5-7-18(9-15(13)14)11-22-17(19)21-18/h2-4,6,8,10H,5,7,9,11H2,1H3,(H2,19,21)/t18-/m0/s1. The molecule has 0 amide bonds. The summed E-state index contributed by atoms with van der Waals surface area (Å²) in [4.78, 5) is 8.89. The lowest BCUT2D eigenvalue weighted by atomic mass is 9.76. The summed E-state index contributed by atoms with van der Waals surface area (Å²) in [5.41, 5.74) is 12.1. The van der Waals surface area contributed by atoms with Gasteiger partial charge in [0.1, 0.15) is 12.1 Å². The first-order valence-electron chi connectivity index (χ1n) is 7.67. The Balaban J connectivity index is 1.83. The molecule has 0 bridgehead atoms. The molecular weight excluding hydrogens is 274 g/mol. The van der Waals surface area contributed by atoms with E-state index in [2.05, 4.69) is 41.2 Å². The summed E-state index contributed by atoms with van der Waals surface area (Å²) >= 11 is 0. The van der Waals surface area contributed by atoms with Gasteiger partial charge in [-0.05, 0) is 48.1 Å². The summed E-state index contributed by atoms with van der Waals surface area (Å²) in [6, 6.07) is 8.94. The summed E-state index contributed by atoms with van der Waals surface area (Å²) in [7, 11) is 0. The quantitative estimate of drug-likeness (QED) is 0.879. The van der Waals surface area contributed by atoms with Gasteiger partial charge in [-0.25, -0.2) is 4.99 Å². The molecule has 4 nitrogen and oxygen atoms in total. The summed E-state index contributed by atoms with van der Waals surface area (Å²) < 4.78 is 5.45. The van der Waals surface area contributed by atoms with E-state index in [0.717, 1.165) is 19.3 Å². The third-order valence-electron chi connectivity index (χ3n) is 4.80. The first-order chi connectivity index (χ1) is 10.7. The highest BCUT2D eigenvalue weighted by Crippen LogP contribution is 2.39. The molecule has 2 heterocycles. The molecule has 0 saturated carbocycles. The Kier molecular flexibility index (Phi) is 2.93. The van der Waals surface area contributed by atoms with E-state index in [1.54, 1.807) is 0 Å². The van der Waals surface area contributed by atoms with Gasteiger partial charge >= 0.3 is 0 Å². The fourth-order valence-electron chi connectivity index (χ4n) is 3.59. The number of benzene rings is 1. The minimum atomic E-state index is -0.177. The normalized spacial score (nSPS) is 23.0. The zero-order valence-electron chi connectivity index (χ0n) is 12.7. The molecule has 22 heavy (non-hydrogen) atoms. The van der Waals surface area contributed by atoms with Gasteiger partial charge in [0.25, 0.3) is 6.02 Å². The third-order valence-corrected chi connectivity index (χ3v) is 4.80. The molecular formula is C18H19N3O. The fraction of sp³-hybridized carbons (Fsp3) is 0.333. The Morgan fingerprint density at radius 1 is 1.23 bits per heavy atom. The van der Waals surface area contributed by atoms with Crippen LogP contribution in [0.3, 0.4) is 0 Å². The van der Waals surface area contributed by atoms with E-state index in [1.807, 2.05) is 12.4 Å². The Labute approximate surface area is 130 Å². The van der Waals surface area contributed by atoms with Crippen LogP contribution in [0, 0.1) is 6.92 Å². The first-order valence-corrected chi connectivity index (χ1v) is 7.67. The van der Waals surface area contributed by atoms with E-state index in [1.165, 1.54) is 27.8 Å². The van der Waals surface area contributed by atoms with Gasteiger partial charge in [-0.1, -0.05) is 18.2 Å². The summed E-state index contributed by atoms with van der Waals surface area (Å²) in [6.45, 7) is 2.72. The number of rotatable bonds is 1. The van der Waals surface area contributed by atoms with E-state index in [9.17, 15) is 0 Å². The van der Waals surface area contributed by atoms with E-state index in [4.69, 9.17) is 10.5 Å². The summed E-state index contributed by atoms with van der Waals surface area (Å²) in [5.74, 6) is 0. The average molecular weight is 293 g/mol. The molecule has 4 rings (SSSR count). The Morgan fingerprint density at radius 3 is 2.91 bits per heavy atom. The van der Waals surface area contributed by atoms with Crippen molar-refractivity contribution < 1.29 is 4.74 Å². The molecule has 0 saturated heterocycles. The predicted octanol–water partition coefficient (Wildman–Crippen LogP) is 2.63. The van der Waals surface area contributed by atoms with Crippen molar-refractivity contribution in [3.63, 3.8) is 0 Å². The topological polar surface area (TPSA) is 60.5 Å². The Bertz CT molecular complexity index is 769. The minimum absolute atomic E-state index is 0.177. The molecule has 2 N–H and O–H groups in total. The molecule has 4 heteroatoms. The smallest absolute Gasteiger partial charge is 0.282 e. The van der Waals surface area contributed by atoms with Crippen molar-refractivity contribution >= 4 is 6.02 Å². The average Bonchev–Trinajstić information content (AvgIpc) is 2.88. The van der Waals surface area contributed by atoms with Crippen molar-refractivity contribution in [1.29, 1.82) is 0 Å². The van der Waals surface area contributed by atoms with Gasteiger partial charge < -0.3 is 10.5 Å². The predicted molar refractivity (Wildman–Crippen MR) is 86.7 cm³/mol. The van der Waals surface area contributed by atoms with Gasteiger partial charge in [0.15, 0.2) is 0 Å². The van der Waals surface area contributed by atoms with Crippen LogP contribution < -0.4 is 5.73 Å². The van der Waals surface area contributed by atoms with Crippen LogP contribution in [0.5, 0.6) is 0 Å². The van der Waals surface area contributed by atoms with Gasteiger partial charge in [-0.3, -0.25) is 4.98 Å². The van der Waals surface area contributed by atoms with Crippen LogP contribution >= 0.6 is 0 Å². The van der Waals surface area contributed by atoms with Crippen LogP contribution in [0.15, 0.2) is 41.7 Å². The van der Waals surface area contributed by atoms with Crippen molar-refractivity contribution in [3.8, 4) is 11.1 Å². The second kappa shape index (κ2) is 4.83. The number of hydrogen-bond donors (Lipinski definition) is 1. The maximum atomic E-state index is 5.75. The number of aryl methyl sites for hydroxylation is 2. The van der Waals surface area contributed by atoms with E-state index in [0.29, 0.717) is 12.6 Å². The van der Waals surface area contributed by atoms with Gasteiger partial charge in [0.05, 0.1) is 0 Å². The van der Waals surface area contributed by atoms with Crippen LogP contribution in [0.1, 0.15) is 23.1 Å². The van der Waals surface area contributed by atoms with Gasteiger partial charge in [-0.15, -0.1) is 0 Å². The summed E-state index contributed by atoms with van der Waals surface area (Å²) in [5, 5.41) is 0. The molecule has 1 aliphatic heterocycles. The largest absolute Gasteiger partial charge is 0.463 e. The number of aromatic nitrogens is 1. The zero-order chi connectivity index (χ0) is 15.2. The number of hydrogen-bond acceptors (Lipinski definition) is 4. The lowest BCUT2D eigenvalue weighted by molar-refractivity contribution is 0.235. The maximum absolute atomic E-state index is 5.75. The first kappa shape index (κ1) is 13.3. The van der Waals surface area contributed by atoms with Crippen molar-refractivity contribution in [2.24, 2.45) is 10.7 Å². The molecule has 112 valence electrons. The molecule has 2 aromatic rings. The van der Waals surface area contributed by atoms with Crippen LogP contribution in [-0.4, -0.2) is 23.2 Å². The Hall–Kier alpha value is -2.36. The monoisotopic (exact) mass is 293 g/mol. The molecule has 0 unspecified atom stereocenters. The molecule has 1 atom stereocenters. The van der Waals surface area contributed by atoms with E-state index < -0.39 is 0 Å². The van der Waals surface area contributed by atoms with Crippen molar-refractivity contribution in [3.05, 3.63) is 53.3 Å². The molecule has 0 radical (unpaired) electrons. The SMILES string of the molecule is Cc1ccncc1-c1cccc2c1C[C@@]1(CC2)COC(N)=N1. The van der Waals surface area contributed by atoms with Gasteiger partial charge in [0.2, 0.25) is 0 Å². The summed E-state index contributed by atoms with van der Waals surface area (Å²) in [6.07, 6.45) is 6.69. The number of amidine groups is 1. The minimum Gasteiger partial charge on any atom is -0.463 e. The molecule has 1 aromatic carbocycles. The number of aliphatic imine (C=N–C) groups is 1. The number of ether oxygens (including phenoxy) is 1. The van der Waals surface area contributed by atoms with E-state index in [-0.39, 0.29) is 5.54 Å². The molecule has 2 aliphatic rings. The van der Waals surface area contributed by atoms with Crippen molar-refractivity contribution in [2.45, 2.75) is 31.7 Å². The molecule has 0 fully saturated rings. The van der Waals surface area contributed by atoms with Gasteiger partial charge in [-0.2, -0.15) is 0 Å². The van der Waals surface area contributed by atoms with Gasteiger partial charge in [0, 0.05) is 24.4 Å². The zero-order valence-corrected chi connectivity index (χ0v) is 12.7. The van der Waals surface area contributed by atoms with Crippen LogP contribution in [-0.2, 0) is 17.6 Å². The number of pyridine rings is 1. The molecule has 1 aliphatic carbocycles. The number of fused-ring (bicyclic) bond motifs is 1. The highest BCUT2D eigenvalue weighted by molar-refractivity contribution is 5.75. The highest BCUT2D eigenvalue weighted by atomic mass is 16.5.